The molecule has 3 fully saturated rings. The van der Waals surface area contributed by atoms with Gasteiger partial charge in [0.1, 0.15) is 17.3 Å². The number of piperidine rings is 2. The van der Waals surface area contributed by atoms with Crippen LogP contribution in [0.4, 0.5) is 0 Å². The minimum absolute atomic E-state index is 0.0910. The maximum absolute atomic E-state index is 13.9. The Hall–Kier alpha value is -3.38. The smallest absolute Gasteiger partial charge is 0.257 e. The van der Waals surface area contributed by atoms with Crippen molar-refractivity contribution in [3.05, 3.63) is 88.6 Å². The molecule has 3 aliphatic heterocycles. The minimum Gasteiger partial charge on any atom is -0.465 e. The van der Waals surface area contributed by atoms with E-state index in [1.807, 2.05) is 13.8 Å². The van der Waals surface area contributed by atoms with Gasteiger partial charge in [-0.2, -0.15) is 0 Å². The van der Waals surface area contributed by atoms with Gasteiger partial charge in [0.05, 0.1) is 16.6 Å². The number of carbonyl (C=O) groups is 1. The Bertz CT molecular complexity index is 1630. The second kappa shape index (κ2) is 11.5. The lowest BCUT2D eigenvalue weighted by molar-refractivity contribution is 0.0604. The van der Waals surface area contributed by atoms with E-state index in [2.05, 4.69) is 89.7 Å². The van der Waals surface area contributed by atoms with Gasteiger partial charge >= 0.3 is 0 Å². The number of benzene rings is 2. The lowest BCUT2D eigenvalue weighted by Crippen LogP contribution is -2.49. The second-order valence-corrected chi connectivity index (χ2v) is 14.1. The number of aromatic nitrogens is 2. The number of imidazole rings is 1. The summed E-state index contributed by atoms with van der Waals surface area (Å²) in [6.07, 6.45) is 8.16. The normalized spacial score (nSPS) is 23.6. The molecule has 0 N–H and O–H groups in total. The summed E-state index contributed by atoms with van der Waals surface area (Å²) in [5, 5.41) is 0. The van der Waals surface area contributed by atoms with Crippen LogP contribution in [0.25, 0.3) is 11.0 Å². The summed E-state index contributed by atoms with van der Waals surface area (Å²) >= 11 is 0. The molecule has 4 aromatic rings. The molecule has 1 amide bonds. The molecule has 0 aliphatic carbocycles. The first-order chi connectivity index (χ1) is 21.3. The molecule has 6 heteroatoms. The minimum atomic E-state index is 0.0910. The van der Waals surface area contributed by atoms with Gasteiger partial charge in [-0.25, -0.2) is 4.98 Å². The molecule has 5 heterocycles. The number of fused-ring (bicyclic) bond motifs is 3. The Morgan fingerprint density at radius 1 is 0.932 bits per heavy atom. The van der Waals surface area contributed by atoms with Gasteiger partial charge in [-0.3, -0.25) is 9.69 Å². The zero-order valence-electron chi connectivity index (χ0n) is 27.2. The van der Waals surface area contributed by atoms with E-state index >= 15 is 0 Å². The fourth-order valence-electron chi connectivity index (χ4n) is 8.89. The Morgan fingerprint density at radius 3 is 2.27 bits per heavy atom. The van der Waals surface area contributed by atoms with Crippen LogP contribution in [0, 0.1) is 20.8 Å². The van der Waals surface area contributed by atoms with Crippen LogP contribution in [0.1, 0.15) is 110 Å². The van der Waals surface area contributed by atoms with E-state index in [0.29, 0.717) is 18.1 Å². The van der Waals surface area contributed by atoms with Crippen LogP contribution in [-0.2, 0) is 5.41 Å². The lowest BCUT2D eigenvalue weighted by Gasteiger charge is -2.45. The van der Waals surface area contributed by atoms with Crippen molar-refractivity contribution in [2.75, 3.05) is 19.6 Å². The van der Waals surface area contributed by atoms with Crippen molar-refractivity contribution in [2.24, 2.45) is 0 Å². The third kappa shape index (κ3) is 4.99. The maximum atomic E-state index is 13.9. The zero-order chi connectivity index (χ0) is 30.6. The van der Waals surface area contributed by atoms with E-state index in [9.17, 15) is 4.79 Å². The molecule has 2 aromatic heterocycles. The van der Waals surface area contributed by atoms with Crippen molar-refractivity contribution in [1.29, 1.82) is 0 Å². The molecular weight excluding hydrogens is 544 g/mol. The number of amides is 1. The monoisotopic (exact) mass is 592 g/mol. The molecule has 2 aromatic carbocycles. The summed E-state index contributed by atoms with van der Waals surface area (Å²) in [5.41, 5.74) is 5.73. The number of nitrogens with zero attached hydrogens (tertiary/aromatic N) is 4. The molecule has 3 atom stereocenters. The SMILES string of the molecule is Cc1oc(C(C)C)c(C(=O)N2CCC(CCN3[C@@H]4CC[C@H]3CC(n3c(C)nc5ccccc53)C4)(c3ccccc3)CC2)c1C. The van der Waals surface area contributed by atoms with E-state index in [1.54, 1.807) is 0 Å². The van der Waals surface area contributed by atoms with Crippen molar-refractivity contribution in [2.45, 2.75) is 109 Å². The van der Waals surface area contributed by atoms with Gasteiger partial charge in [-0.1, -0.05) is 56.3 Å². The predicted octanol–water partition coefficient (Wildman–Crippen LogP) is 8.11. The Kier molecular flexibility index (Phi) is 7.68. The van der Waals surface area contributed by atoms with E-state index < -0.39 is 0 Å². The van der Waals surface area contributed by atoms with Gasteiger partial charge in [0, 0.05) is 42.7 Å². The predicted molar refractivity (Wildman–Crippen MR) is 176 cm³/mol. The Morgan fingerprint density at radius 2 is 1.59 bits per heavy atom. The highest BCUT2D eigenvalue weighted by Crippen LogP contribution is 2.45. The highest BCUT2D eigenvalue weighted by Gasteiger charge is 2.44. The van der Waals surface area contributed by atoms with Crippen LogP contribution in [0.15, 0.2) is 59.0 Å². The number of para-hydroxylation sites is 2. The molecule has 1 unspecified atom stereocenters. The molecule has 2 bridgehead atoms. The van der Waals surface area contributed by atoms with Gasteiger partial charge < -0.3 is 13.9 Å². The molecule has 44 heavy (non-hydrogen) atoms. The van der Waals surface area contributed by atoms with Crippen LogP contribution >= 0.6 is 0 Å². The van der Waals surface area contributed by atoms with Crippen molar-refractivity contribution < 1.29 is 9.21 Å². The van der Waals surface area contributed by atoms with Crippen molar-refractivity contribution in [1.82, 2.24) is 19.4 Å². The average molecular weight is 593 g/mol. The molecule has 6 nitrogen and oxygen atoms in total. The van der Waals surface area contributed by atoms with Crippen LogP contribution < -0.4 is 0 Å². The maximum Gasteiger partial charge on any atom is 0.257 e. The number of hydrogen-bond donors (Lipinski definition) is 0. The molecule has 3 aliphatic rings. The first kappa shape index (κ1) is 29.3. The highest BCUT2D eigenvalue weighted by atomic mass is 16.3. The van der Waals surface area contributed by atoms with Crippen molar-refractivity contribution in [3.8, 4) is 0 Å². The number of rotatable bonds is 7. The largest absolute Gasteiger partial charge is 0.465 e. The summed E-state index contributed by atoms with van der Waals surface area (Å²) in [6, 6.07) is 21.6. The Labute approximate surface area is 262 Å². The van der Waals surface area contributed by atoms with Crippen LogP contribution in [0.2, 0.25) is 0 Å². The third-order valence-electron chi connectivity index (χ3n) is 11.4. The van der Waals surface area contributed by atoms with Gasteiger partial charge in [0.25, 0.3) is 5.91 Å². The summed E-state index contributed by atoms with van der Waals surface area (Å²) in [5.74, 6) is 3.18. The molecule has 0 spiro atoms. The lowest BCUT2D eigenvalue weighted by atomic mass is 9.70. The van der Waals surface area contributed by atoms with Crippen molar-refractivity contribution >= 4 is 16.9 Å². The topological polar surface area (TPSA) is 54.5 Å². The molecule has 0 radical (unpaired) electrons. The fourth-order valence-corrected chi connectivity index (χ4v) is 8.89. The van der Waals surface area contributed by atoms with E-state index in [0.717, 1.165) is 72.9 Å². The van der Waals surface area contributed by atoms with Crippen LogP contribution in [0.5, 0.6) is 0 Å². The van der Waals surface area contributed by atoms with Crippen LogP contribution in [-0.4, -0.2) is 57.0 Å². The van der Waals surface area contributed by atoms with Gasteiger partial charge in [0.2, 0.25) is 0 Å². The van der Waals surface area contributed by atoms with Gasteiger partial charge in [-0.15, -0.1) is 0 Å². The molecule has 7 rings (SSSR count). The molecule has 3 saturated heterocycles. The zero-order valence-corrected chi connectivity index (χ0v) is 27.2. The van der Waals surface area contributed by atoms with Crippen molar-refractivity contribution in [3.63, 3.8) is 0 Å². The summed E-state index contributed by atoms with van der Waals surface area (Å²) in [6.45, 7) is 13.1. The van der Waals surface area contributed by atoms with Gasteiger partial charge in [0.15, 0.2) is 0 Å². The number of likely N-dealkylation sites (tertiary alicyclic amines) is 1. The first-order valence-corrected chi connectivity index (χ1v) is 16.9. The first-order valence-electron chi connectivity index (χ1n) is 16.9. The van der Waals surface area contributed by atoms with Gasteiger partial charge in [-0.05, 0) is 95.4 Å². The van der Waals surface area contributed by atoms with E-state index in [-0.39, 0.29) is 17.2 Å². The molecular formula is C38H48N4O2. The van der Waals surface area contributed by atoms with E-state index in [1.165, 1.54) is 36.8 Å². The molecule has 0 saturated carbocycles. The van der Waals surface area contributed by atoms with E-state index in [4.69, 9.17) is 9.40 Å². The molecule has 232 valence electrons. The number of hydrogen-bond acceptors (Lipinski definition) is 4. The third-order valence-corrected chi connectivity index (χ3v) is 11.4. The quantitative estimate of drug-likeness (QED) is 0.218. The summed E-state index contributed by atoms with van der Waals surface area (Å²) in [7, 11) is 0. The highest BCUT2D eigenvalue weighted by molar-refractivity contribution is 5.97. The fraction of sp³-hybridized carbons (Fsp3) is 0.526. The standard InChI is InChI=1S/C38H48N4O2/c1-25(2)36-35(26(3)27(4)44-36)37(43)40-20-17-38(18-21-40,29-11-7-6-8-12-29)19-22-41-30-15-16-31(41)24-32(23-30)42-28(5)39-33-13-9-10-14-34(33)42/h6-14,25,30-32H,15-24H2,1-5H3/t30-,31+,32?. The Balaban J connectivity index is 1.07. The number of aryl methyl sites for hydroxylation is 2. The number of furan rings is 1. The van der Waals surface area contributed by atoms with Crippen LogP contribution in [0.3, 0.4) is 0 Å². The average Bonchev–Trinajstić information content (AvgIpc) is 3.62. The second-order valence-electron chi connectivity index (χ2n) is 14.1. The summed E-state index contributed by atoms with van der Waals surface area (Å²) < 4.78 is 8.59. The number of carbonyl (C=O) groups excluding carboxylic acids is 1. The summed E-state index contributed by atoms with van der Waals surface area (Å²) in [4.78, 5) is 23.7.